The fourth-order valence-corrected chi connectivity index (χ4v) is 1.56. The quantitative estimate of drug-likeness (QED) is 0.317. The molecule has 3 N–H and O–H groups in total. The van der Waals surface area contributed by atoms with Crippen LogP contribution in [0.4, 0.5) is 0 Å². The molecule has 0 aliphatic rings. The van der Waals surface area contributed by atoms with Crippen molar-refractivity contribution in [3.05, 3.63) is 35.9 Å². The Balaban J connectivity index is 0.00000400. The zero-order valence-electron chi connectivity index (χ0n) is 12.8. The Morgan fingerprint density at radius 1 is 1.38 bits per heavy atom. The Hall–Kier alpha value is -1.44. The number of halogens is 1. The van der Waals surface area contributed by atoms with E-state index in [0.717, 1.165) is 16.9 Å². The lowest BCUT2D eigenvalue weighted by Crippen LogP contribution is -2.32. The summed E-state index contributed by atoms with van der Waals surface area (Å²) in [4.78, 5) is 4.26. The van der Waals surface area contributed by atoms with Crippen LogP contribution in [0.25, 0.3) is 0 Å². The fraction of sp³-hybridized carbons (Fsp3) is 0.400. The van der Waals surface area contributed by atoms with Gasteiger partial charge in [0.25, 0.3) is 0 Å². The van der Waals surface area contributed by atoms with Crippen LogP contribution in [0.15, 0.2) is 35.3 Å². The molecule has 0 fully saturated rings. The average Bonchev–Trinajstić information content (AvgIpc) is 2.44. The van der Waals surface area contributed by atoms with Crippen LogP contribution in [0, 0.1) is 0 Å². The summed E-state index contributed by atoms with van der Waals surface area (Å²) in [6.45, 7) is 9.37. The third-order valence-electron chi connectivity index (χ3n) is 2.53. The number of benzene rings is 1. The standard InChI is InChI=1S/C15H23N3O2.HI/c1-5-20-13-7-6-12(8-14(13)19-4)10-18-15(16)17-9-11(2)3;/h6-8H,2,5,9-10H2,1,3-4H3,(H3,16,17,18);1H. The fourth-order valence-electron chi connectivity index (χ4n) is 1.56. The van der Waals surface area contributed by atoms with Crippen molar-refractivity contribution in [2.24, 2.45) is 10.7 Å². The van der Waals surface area contributed by atoms with Gasteiger partial charge in [0.15, 0.2) is 17.5 Å². The van der Waals surface area contributed by atoms with E-state index in [4.69, 9.17) is 15.2 Å². The molecule has 0 radical (unpaired) electrons. The van der Waals surface area contributed by atoms with E-state index in [1.54, 1.807) is 7.11 Å². The topological polar surface area (TPSA) is 68.9 Å². The van der Waals surface area contributed by atoms with E-state index in [-0.39, 0.29) is 24.0 Å². The predicted molar refractivity (Wildman–Crippen MR) is 97.7 cm³/mol. The molecule has 0 unspecified atom stereocenters. The largest absolute Gasteiger partial charge is 0.493 e. The Labute approximate surface area is 143 Å². The van der Waals surface area contributed by atoms with Crippen LogP contribution in [0.2, 0.25) is 0 Å². The highest BCUT2D eigenvalue weighted by molar-refractivity contribution is 14.0. The first-order valence-electron chi connectivity index (χ1n) is 6.54. The van der Waals surface area contributed by atoms with E-state index < -0.39 is 0 Å². The third-order valence-corrected chi connectivity index (χ3v) is 2.53. The highest BCUT2D eigenvalue weighted by atomic mass is 127. The van der Waals surface area contributed by atoms with Crippen molar-refractivity contribution in [2.45, 2.75) is 20.4 Å². The van der Waals surface area contributed by atoms with Crippen molar-refractivity contribution in [3.8, 4) is 11.5 Å². The van der Waals surface area contributed by atoms with Gasteiger partial charge in [0.05, 0.1) is 20.3 Å². The molecule has 118 valence electrons. The molecule has 0 amide bonds. The molecule has 0 spiro atoms. The number of hydrogen-bond acceptors (Lipinski definition) is 3. The molecule has 0 atom stereocenters. The predicted octanol–water partition coefficient (Wildman–Crippen LogP) is 2.69. The molecular formula is C15H24IN3O2. The van der Waals surface area contributed by atoms with E-state index in [2.05, 4.69) is 16.9 Å². The number of guanidine groups is 1. The Bertz CT molecular complexity index is 490. The zero-order valence-corrected chi connectivity index (χ0v) is 15.1. The van der Waals surface area contributed by atoms with Gasteiger partial charge in [-0.15, -0.1) is 24.0 Å². The van der Waals surface area contributed by atoms with Gasteiger partial charge >= 0.3 is 0 Å². The van der Waals surface area contributed by atoms with Crippen molar-refractivity contribution in [1.29, 1.82) is 0 Å². The maximum atomic E-state index is 5.76. The smallest absolute Gasteiger partial charge is 0.189 e. The van der Waals surface area contributed by atoms with Crippen molar-refractivity contribution in [3.63, 3.8) is 0 Å². The summed E-state index contributed by atoms with van der Waals surface area (Å²) in [7, 11) is 1.62. The maximum absolute atomic E-state index is 5.76. The number of hydrogen-bond donors (Lipinski definition) is 2. The third kappa shape index (κ3) is 7.22. The monoisotopic (exact) mass is 405 g/mol. The summed E-state index contributed by atoms with van der Waals surface area (Å²) in [5.74, 6) is 1.84. The summed E-state index contributed by atoms with van der Waals surface area (Å²) >= 11 is 0. The van der Waals surface area contributed by atoms with E-state index in [0.29, 0.717) is 31.4 Å². The normalized spacial score (nSPS) is 10.5. The van der Waals surface area contributed by atoms with Crippen molar-refractivity contribution >= 4 is 29.9 Å². The zero-order chi connectivity index (χ0) is 15.0. The van der Waals surface area contributed by atoms with Crippen molar-refractivity contribution < 1.29 is 9.47 Å². The summed E-state index contributed by atoms with van der Waals surface area (Å²) in [5, 5.41) is 2.98. The Kier molecular flexibility index (Phi) is 9.60. The maximum Gasteiger partial charge on any atom is 0.189 e. The van der Waals surface area contributed by atoms with E-state index in [1.165, 1.54) is 0 Å². The Morgan fingerprint density at radius 3 is 2.67 bits per heavy atom. The first kappa shape index (κ1) is 19.6. The van der Waals surface area contributed by atoms with E-state index >= 15 is 0 Å². The van der Waals surface area contributed by atoms with Gasteiger partial charge in [-0.25, -0.2) is 4.99 Å². The Morgan fingerprint density at radius 2 is 2.10 bits per heavy atom. The van der Waals surface area contributed by atoms with Crippen molar-refractivity contribution in [1.82, 2.24) is 5.32 Å². The highest BCUT2D eigenvalue weighted by Crippen LogP contribution is 2.28. The van der Waals surface area contributed by atoms with Gasteiger partial charge in [0, 0.05) is 6.54 Å². The van der Waals surface area contributed by atoms with Crippen LogP contribution >= 0.6 is 24.0 Å². The molecule has 1 aromatic carbocycles. The van der Waals surface area contributed by atoms with Crippen LogP contribution in [0.5, 0.6) is 11.5 Å². The van der Waals surface area contributed by atoms with Gasteiger partial charge in [-0.3, -0.25) is 0 Å². The summed E-state index contributed by atoms with van der Waals surface area (Å²) < 4.78 is 10.8. The minimum atomic E-state index is 0. The molecule has 1 rings (SSSR count). The first-order chi connectivity index (χ1) is 9.56. The molecule has 0 bridgehead atoms. The number of nitrogens with two attached hydrogens (primary N) is 1. The number of rotatable bonds is 7. The molecular weight excluding hydrogens is 381 g/mol. The second-order valence-corrected chi connectivity index (χ2v) is 4.43. The molecule has 0 heterocycles. The van der Waals surface area contributed by atoms with Gasteiger partial charge in [-0.05, 0) is 31.5 Å². The number of nitrogens with zero attached hydrogens (tertiary/aromatic N) is 1. The van der Waals surface area contributed by atoms with Crippen LogP contribution in [0.1, 0.15) is 19.4 Å². The van der Waals surface area contributed by atoms with Gasteiger partial charge in [-0.2, -0.15) is 0 Å². The second-order valence-electron chi connectivity index (χ2n) is 4.43. The number of ether oxygens (including phenoxy) is 2. The first-order valence-corrected chi connectivity index (χ1v) is 6.54. The molecule has 5 nitrogen and oxygen atoms in total. The average molecular weight is 405 g/mol. The number of aliphatic imine (C=N–C) groups is 1. The minimum Gasteiger partial charge on any atom is -0.493 e. The molecule has 0 saturated carbocycles. The molecule has 0 saturated heterocycles. The van der Waals surface area contributed by atoms with Gasteiger partial charge < -0.3 is 20.5 Å². The lowest BCUT2D eigenvalue weighted by molar-refractivity contribution is 0.310. The second kappa shape index (κ2) is 10.3. The number of methoxy groups -OCH3 is 1. The van der Waals surface area contributed by atoms with Crippen LogP contribution in [0.3, 0.4) is 0 Å². The minimum absolute atomic E-state index is 0. The van der Waals surface area contributed by atoms with Gasteiger partial charge in [0.2, 0.25) is 0 Å². The van der Waals surface area contributed by atoms with Crippen LogP contribution < -0.4 is 20.5 Å². The summed E-state index contributed by atoms with van der Waals surface area (Å²) in [6.07, 6.45) is 0. The van der Waals surface area contributed by atoms with E-state index in [9.17, 15) is 0 Å². The summed E-state index contributed by atoms with van der Waals surface area (Å²) in [6, 6.07) is 5.73. The van der Waals surface area contributed by atoms with Crippen LogP contribution in [-0.4, -0.2) is 26.2 Å². The van der Waals surface area contributed by atoms with Crippen molar-refractivity contribution in [2.75, 3.05) is 20.3 Å². The lowest BCUT2D eigenvalue weighted by Gasteiger charge is -2.10. The van der Waals surface area contributed by atoms with E-state index in [1.807, 2.05) is 32.0 Å². The molecule has 6 heteroatoms. The molecule has 1 aromatic rings. The molecule has 0 aliphatic heterocycles. The lowest BCUT2D eigenvalue weighted by atomic mass is 10.2. The molecule has 0 aliphatic carbocycles. The summed E-state index contributed by atoms with van der Waals surface area (Å²) in [5.41, 5.74) is 7.77. The van der Waals surface area contributed by atoms with Gasteiger partial charge in [0.1, 0.15) is 0 Å². The molecule has 0 aromatic heterocycles. The van der Waals surface area contributed by atoms with Gasteiger partial charge in [-0.1, -0.05) is 18.2 Å². The number of nitrogens with one attached hydrogen (secondary N) is 1. The van der Waals surface area contributed by atoms with Crippen LogP contribution in [-0.2, 0) is 6.54 Å². The molecule has 21 heavy (non-hydrogen) atoms. The highest BCUT2D eigenvalue weighted by Gasteiger charge is 2.05. The SMILES string of the molecule is C=C(C)CNC(N)=NCc1ccc(OCC)c(OC)c1.I.